The third kappa shape index (κ3) is 2.56. The molecule has 1 amide bonds. The summed E-state index contributed by atoms with van der Waals surface area (Å²) in [5, 5.41) is 0. The first kappa shape index (κ1) is 13.1. The fourth-order valence-electron chi connectivity index (χ4n) is 2.28. The first-order chi connectivity index (χ1) is 8.57. The van der Waals surface area contributed by atoms with Crippen LogP contribution in [0.5, 0.6) is 0 Å². The maximum atomic E-state index is 12.6. The topological polar surface area (TPSA) is 46.3 Å². The van der Waals surface area contributed by atoms with Crippen molar-refractivity contribution in [1.29, 1.82) is 0 Å². The molecule has 1 atom stereocenters. The summed E-state index contributed by atoms with van der Waals surface area (Å²) in [6, 6.07) is 10.1. The van der Waals surface area contributed by atoms with E-state index in [1.54, 1.807) is 0 Å². The lowest BCUT2D eigenvalue weighted by molar-refractivity contribution is -0.137. The van der Waals surface area contributed by atoms with E-state index in [1.807, 2.05) is 42.2 Å². The Morgan fingerprint density at radius 3 is 2.50 bits per heavy atom. The zero-order chi connectivity index (χ0) is 13.2. The van der Waals surface area contributed by atoms with Crippen LogP contribution in [-0.2, 0) is 10.3 Å². The third-order valence-electron chi connectivity index (χ3n) is 3.53. The highest BCUT2D eigenvalue weighted by atomic mass is 16.2. The number of nitrogens with two attached hydrogens (primary N) is 1. The second-order valence-corrected chi connectivity index (χ2v) is 5.30. The number of carbonyl (C=O) groups is 1. The molecule has 18 heavy (non-hydrogen) atoms. The molecule has 2 rings (SSSR count). The van der Waals surface area contributed by atoms with E-state index < -0.39 is 5.54 Å². The number of hydrogen-bond donors (Lipinski definition) is 1. The predicted octanol–water partition coefficient (Wildman–Crippen LogP) is 2.26. The monoisotopic (exact) mass is 246 g/mol. The first-order valence-electron chi connectivity index (χ1n) is 6.73. The minimum Gasteiger partial charge on any atom is -0.338 e. The highest BCUT2D eigenvalue weighted by Gasteiger charge is 2.40. The van der Waals surface area contributed by atoms with Crippen LogP contribution in [0.3, 0.4) is 0 Å². The van der Waals surface area contributed by atoms with Crippen LogP contribution in [0.2, 0.25) is 0 Å². The molecule has 0 bridgehead atoms. The predicted molar refractivity (Wildman–Crippen MR) is 73.0 cm³/mol. The van der Waals surface area contributed by atoms with Crippen LogP contribution in [0.4, 0.5) is 0 Å². The smallest absolute Gasteiger partial charge is 0.247 e. The number of amides is 1. The average molecular weight is 246 g/mol. The summed E-state index contributed by atoms with van der Waals surface area (Å²) in [4.78, 5) is 14.6. The van der Waals surface area contributed by atoms with Crippen LogP contribution in [-0.4, -0.2) is 23.4 Å². The van der Waals surface area contributed by atoms with Crippen molar-refractivity contribution in [3.8, 4) is 0 Å². The molecule has 1 aliphatic carbocycles. The molecular weight excluding hydrogens is 224 g/mol. The summed E-state index contributed by atoms with van der Waals surface area (Å²) in [6.07, 6.45) is 3.22. The van der Waals surface area contributed by atoms with Crippen molar-refractivity contribution in [1.82, 2.24) is 4.90 Å². The molecule has 0 spiro atoms. The van der Waals surface area contributed by atoms with Gasteiger partial charge in [-0.2, -0.15) is 0 Å². The molecule has 1 saturated carbocycles. The Hall–Kier alpha value is -1.35. The van der Waals surface area contributed by atoms with Crippen molar-refractivity contribution in [2.75, 3.05) is 6.54 Å². The summed E-state index contributed by atoms with van der Waals surface area (Å²) in [5.41, 5.74) is 6.26. The molecule has 1 aliphatic rings. The maximum absolute atomic E-state index is 12.6. The molecule has 3 nitrogen and oxygen atoms in total. The van der Waals surface area contributed by atoms with Gasteiger partial charge < -0.3 is 10.6 Å². The minimum absolute atomic E-state index is 0.0538. The van der Waals surface area contributed by atoms with Gasteiger partial charge in [-0.15, -0.1) is 0 Å². The van der Waals surface area contributed by atoms with Gasteiger partial charge >= 0.3 is 0 Å². The lowest BCUT2D eigenvalue weighted by atomic mass is 9.91. The van der Waals surface area contributed by atoms with Crippen molar-refractivity contribution < 1.29 is 4.79 Å². The first-order valence-corrected chi connectivity index (χ1v) is 6.73. The molecule has 1 aromatic carbocycles. The van der Waals surface area contributed by atoms with Crippen molar-refractivity contribution in [3.05, 3.63) is 35.9 Å². The molecular formula is C15H22N2O. The zero-order valence-electron chi connectivity index (χ0n) is 11.2. The second-order valence-electron chi connectivity index (χ2n) is 5.30. The van der Waals surface area contributed by atoms with Gasteiger partial charge in [0.15, 0.2) is 0 Å². The van der Waals surface area contributed by atoms with E-state index in [1.165, 1.54) is 0 Å². The molecule has 0 aromatic heterocycles. The van der Waals surface area contributed by atoms with E-state index in [-0.39, 0.29) is 5.91 Å². The van der Waals surface area contributed by atoms with Crippen molar-refractivity contribution in [2.45, 2.75) is 44.7 Å². The highest BCUT2D eigenvalue weighted by molar-refractivity contribution is 5.87. The van der Waals surface area contributed by atoms with E-state index in [9.17, 15) is 4.79 Å². The highest BCUT2D eigenvalue weighted by Crippen LogP contribution is 2.31. The van der Waals surface area contributed by atoms with E-state index >= 15 is 0 Å². The molecule has 98 valence electrons. The third-order valence-corrected chi connectivity index (χ3v) is 3.53. The molecule has 0 aliphatic heterocycles. The molecule has 2 N–H and O–H groups in total. The van der Waals surface area contributed by atoms with Gasteiger partial charge in [-0.3, -0.25) is 4.79 Å². The molecule has 3 heteroatoms. The number of nitrogens with zero attached hydrogens (tertiary/aromatic N) is 1. The Labute approximate surface area is 109 Å². The van der Waals surface area contributed by atoms with Crippen LogP contribution in [0.15, 0.2) is 30.3 Å². The number of benzene rings is 1. The van der Waals surface area contributed by atoms with Gasteiger partial charge in [0.1, 0.15) is 5.54 Å². The van der Waals surface area contributed by atoms with Crippen LogP contribution in [0.25, 0.3) is 0 Å². The Balaban J connectivity index is 2.20. The summed E-state index contributed by atoms with van der Waals surface area (Å²) in [7, 11) is 0. The molecule has 1 fully saturated rings. The van der Waals surface area contributed by atoms with Crippen LogP contribution < -0.4 is 5.73 Å². The Kier molecular flexibility index (Phi) is 3.71. The Bertz CT molecular complexity index is 410. The fourth-order valence-corrected chi connectivity index (χ4v) is 2.28. The molecule has 0 saturated heterocycles. The van der Waals surface area contributed by atoms with Crippen LogP contribution >= 0.6 is 0 Å². The van der Waals surface area contributed by atoms with Crippen LogP contribution in [0, 0.1) is 0 Å². The maximum Gasteiger partial charge on any atom is 0.247 e. The van der Waals surface area contributed by atoms with E-state index in [0.29, 0.717) is 6.04 Å². The average Bonchev–Trinajstić information content (AvgIpc) is 3.20. The largest absolute Gasteiger partial charge is 0.338 e. The molecule has 0 heterocycles. The summed E-state index contributed by atoms with van der Waals surface area (Å²) in [5.74, 6) is 0.0538. The van der Waals surface area contributed by atoms with Gasteiger partial charge in [0.25, 0.3) is 0 Å². The van der Waals surface area contributed by atoms with Gasteiger partial charge in [-0.25, -0.2) is 0 Å². The lowest BCUT2D eigenvalue weighted by Crippen LogP contribution is -2.51. The second kappa shape index (κ2) is 5.11. The lowest BCUT2D eigenvalue weighted by Gasteiger charge is -2.32. The Morgan fingerprint density at radius 2 is 2.00 bits per heavy atom. The number of hydrogen-bond acceptors (Lipinski definition) is 2. The quantitative estimate of drug-likeness (QED) is 0.866. The minimum atomic E-state index is -0.918. The molecule has 1 aromatic rings. The fraction of sp³-hybridized carbons (Fsp3) is 0.533. The van der Waals surface area contributed by atoms with Crippen molar-refractivity contribution in [3.63, 3.8) is 0 Å². The Morgan fingerprint density at radius 1 is 1.39 bits per heavy atom. The van der Waals surface area contributed by atoms with Gasteiger partial charge in [0.2, 0.25) is 5.91 Å². The number of carbonyl (C=O) groups excluding carboxylic acids is 1. The standard InChI is InChI=1S/C15H22N2O/c1-3-11-17(13-9-10-13)14(18)15(2,16)12-7-5-4-6-8-12/h4-8,13H,3,9-11,16H2,1-2H3. The number of rotatable bonds is 5. The van der Waals surface area contributed by atoms with Crippen LogP contribution in [0.1, 0.15) is 38.7 Å². The summed E-state index contributed by atoms with van der Waals surface area (Å²) >= 11 is 0. The van der Waals surface area contributed by atoms with E-state index in [4.69, 9.17) is 5.73 Å². The van der Waals surface area contributed by atoms with E-state index in [0.717, 1.165) is 31.4 Å². The summed E-state index contributed by atoms with van der Waals surface area (Å²) in [6.45, 7) is 4.72. The van der Waals surface area contributed by atoms with Gasteiger partial charge in [0.05, 0.1) is 0 Å². The molecule has 1 unspecified atom stereocenters. The van der Waals surface area contributed by atoms with Gasteiger partial charge in [-0.05, 0) is 31.7 Å². The molecule has 0 radical (unpaired) electrons. The van der Waals surface area contributed by atoms with Crippen molar-refractivity contribution >= 4 is 5.91 Å². The SMILES string of the molecule is CCCN(C(=O)C(C)(N)c1ccccc1)C1CC1. The zero-order valence-corrected chi connectivity index (χ0v) is 11.2. The van der Waals surface area contributed by atoms with Crippen molar-refractivity contribution in [2.24, 2.45) is 5.73 Å². The summed E-state index contributed by atoms with van der Waals surface area (Å²) < 4.78 is 0. The van der Waals surface area contributed by atoms with Gasteiger partial charge in [0, 0.05) is 12.6 Å². The van der Waals surface area contributed by atoms with Gasteiger partial charge in [-0.1, -0.05) is 37.3 Å². The van der Waals surface area contributed by atoms with E-state index in [2.05, 4.69) is 6.92 Å². The normalized spacial score (nSPS) is 18.2.